The summed E-state index contributed by atoms with van der Waals surface area (Å²) in [5.74, 6) is 1.10. The van der Waals surface area contributed by atoms with Crippen molar-refractivity contribution in [1.29, 1.82) is 0 Å². The van der Waals surface area contributed by atoms with Crippen molar-refractivity contribution >= 4 is 11.6 Å². The van der Waals surface area contributed by atoms with Gasteiger partial charge in [-0.05, 0) is 29.3 Å². The minimum absolute atomic E-state index is 0.0477. The molecule has 1 fully saturated rings. The molecule has 1 N–H and O–H groups in total. The predicted octanol–water partition coefficient (Wildman–Crippen LogP) is 1.000. The molecular formula is C21H24N3O4+. The number of nitro groups is 1. The summed E-state index contributed by atoms with van der Waals surface area (Å²) in [5, 5.41) is 10.7. The van der Waals surface area contributed by atoms with Crippen molar-refractivity contribution in [2.45, 2.75) is 19.4 Å². The number of nitrogens with zero attached hydrogens (tertiary/aromatic N) is 2. The number of quaternary nitrogens is 1. The molecule has 7 heteroatoms. The molecule has 2 aliphatic rings. The SMILES string of the molecule is O=C(Cc1ccc([N+](=O)[O-])cc1)N1CC[NH+](Cc2ccc3c(c2)CCO3)CC1. The van der Waals surface area contributed by atoms with Gasteiger partial charge in [-0.2, -0.15) is 0 Å². The zero-order valence-corrected chi connectivity index (χ0v) is 15.7. The summed E-state index contributed by atoms with van der Waals surface area (Å²) in [6, 6.07) is 12.7. The summed E-state index contributed by atoms with van der Waals surface area (Å²) in [7, 11) is 0. The van der Waals surface area contributed by atoms with Crippen LogP contribution in [0.5, 0.6) is 5.75 Å². The van der Waals surface area contributed by atoms with Gasteiger partial charge in [0.15, 0.2) is 0 Å². The molecule has 1 amide bonds. The second-order valence-corrected chi connectivity index (χ2v) is 7.45. The van der Waals surface area contributed by atoms with Gasteiger partial charge < -0.3 is 14.5 Å². The number of hydrogen-bond donors (Lipinski definition) is 1. The number of piperazine rings is 1. The van der Waals surface area contributed by atoms with Gasteiger partial charge in [0.25, 0.3) is 5.69 Å². The van der Waals surface area contributed by atoms with E-state index in [0.29, 0.717) is 0 Å². The lowest BCUT2D eigenvalue weighted by Crippen LogP contribution is -3.13. The Morgan fingerprint density at radius 1 is 1.11 bits per heavy atom. The van der Waals surface area contributed by atoms with E-state index in [-0.39, 0.29) is 18.0 Å². The van der Waals surface area contributed by atoms with Gasteiger partial charge >= 0.3 is 0 Å². The van der Waals surface area contributed by atoms with E-state index in [1.165, 1.54) is 28.2 Å². The van der Waals surface area contributed by atoms with Crippen LogP contribution >= 0.6 is 0 Å². The van der Waals surface area contributed by atoms with Gasteiger partial charge in [-0.25, -0.2) is 0 Å². The summed E-state index contributed by atoms with van der Waals surface area (Å²) in [6.07, 6.45) is 1.28. The molecule has 0 aliphatic carbocycles. The highest BCUT2D eigenvalue weighted by molar-refractivity contribution is 5.78. The molecular weight excluding hydrogens is 358 g/mol. The molecule has 7 nitrogen and oxygen atoms in total. The number of amides is 1. The monoisotopic (exact) mass is 382 g/mol. The van der Waals surface area contributed by atoms with Gasteiger partial charge in [-0.15, -0.1) is 0 Å². The molecule has 2 aliphatic heterocycles. The molecule has 1 saturated heterocycles. The number of carbonyl (C=O) groups excluding carboxylic acids is 1. The topological polar surface area (TPSA) is 77.1 Å². The Balaban J connectivity index is 1.27. The first kappa shape index (κ1) is 18.4. The van der Waals surface area contributed by atoms with Gasteiger partial charge in [-0.3, -0.25) is 14.9 Å². The third-order valence-electron chi connectivity index (χ3n) is 5.53. The van der Waals surface area contributed by atoms with E-state index in [1.807, 2.05) is 4.90 Å². The van der Waals surface area contributed by atoms with E-state index >= 15 is 0 Å². The molecule has 0 bridgehead atoms. The zero-order chi connectivity index (χ0) is 19.5. The summed E-state index contributed by atoms with van der Waals surface area (Å²) in [5.41, 5.74) is 3.48. The van der Waals surface area contributed by atoms with Gasteiger partial charge in [0.1, 0.15) is 12.3 Å². The maximum atomic E-state index is 12.5. The summed E-state index contributed by atoms with van der Waals surface area (Å²) in [4.78, 5) is 26.2. The minimum Gasteiger partial charge on any atom is -0.493 e. The van der Waals surface area contributed by atoms with Crippen LogP contribution in [-0.2, 0) is 24.2 Å². The summed E-state index contributed by atoms with van der Waals surface area (Å²) < 4.78 is 5.57. The molecule has 0 atom stereocenters. The first-order valence-electron chi connectivity index (χ1n) is 9.68. The van der Waals surface area contributed by atoms with Crippen molar-refractivity contribution in [3.05, 3.63) is 69.3 Å². The van der Waals surface area contributed by atoms with E-state index in [0.717, 1.165) is 57.1 Å². The lowest BCUT2D eigenvalue weighted by atomic mass is 10.1. The fraction of sp³-hybridized carbons (Fsp3) is 0.381. The number of rotatable bonds is 5. The van der Waals surface area contributed by atoms with Gasteiger partial charge in [0.2, 0.25) is 5.91 Å². The minimum atomic E-state index is -0.429. The molecule has 0 spiro atoms. The third-order valence-corrected chi connectivity index (χ3v) is 5.53. The van der Waals surface area contributed by atoms with Crippen molar-refractivity contribution in [3.63, 3.8) is 0 Å². The van der Waals surface area contributed by atoms with Crippen LogP contribution in [-0.4, -0.2) is 48.5 Å². The molecule has 0 unspecified atom stereocenters. The normalized spacial score (nSPS) is 16.5. The number of ether oxygens (including phenoxy) is 1. The van der Waals surface area contributed by atoms with Crippen LogP contribution in [0.15, 0.2) is 42.5 Å². The predicted molar refractivity (Wildman–Crippen MR) is 103 cm³/mol. The van der Waals surface area contributed by atoms with E-state index in [9.17, 15) is 14.9 Å². The van der Waals surface area contributed by atoms with E-state index in [4.69, 9.17) is 4.74 Å². The fourth-order valence-electron chi connectivity index (χ4n) is 3.91. The maximum absolute atomic E-state index is 12.5. The summed E-state index contributed by atoms with van der Waals surface area (Å²) in [6.45, 7) is 5.10. The van der Waals surface area contributed by atoms with Crippen LogP contribution < -0.4 is 9.64 Å². The standard InChI is InChI=1S/C21H23N3O4/c25-21(14-16-1-4-19(5-2-16)24(26)27)23-10-8-22(9-11-23)15-17-3-6-20-18(13-17)7-12-28-20/h1-6,13H,7-12,14-15H2/p+1. The number of carbonyl (C=O) groups is 1. The highest BCUT2D eigenvalue weighted by Crippen LogP contribution is 2.25. The first-order chi connectivity index (χ1) is 13.6. The quantitative estimate of drug-likeness (QED) is 0.618. The Kier molecular flexibility index (Phi) is 5.25. The van der Waals surface area contributed by atoms with Crippen molar-refractivity contribution in [2.24, 2.45) is 0 Å². The first-order valence-corrected chi connectivity index (χ1v) is 9.68. The molecule has 0 saturated carbocycles. The fourth-order valence-corrected chi connectivity index (χ4v) is 3.91. The smallest absolute Gasteiger partial charge is 0.269 e. The van der Waals surface area contributed by atoms with Crippen LogP contribution in [0.3, 0.4) is 0 Å². The van der Waals surface area contributed by atoms with E-state index in [2.05, 4.69) is 18.2 Å². The Bertz CT molecular complexity index is 874. The van der Waals surface area contributed by atoms with Crippen LogP contribution in [0.1, 0.15) is 16.7 Å². The molecule has 2 heterocycles. The lowest BCUT2D eigenvalue weighted by Gasteiger charge is -2.32. The Hall–Kier alpha value is -2.93. The van der Waals surface area contributed by atoms with Crippen LogP contribution in [0, 0.1) is 10.1 Å². The second-order valence-electron chi connectivity index (χ2n) is 7.45. The van der Waals surface area contributed by atoms with Crippen LogP contribution in [0.2, 0.25) is 0 Å². The van der Waals surface area contributed by atoms with Crippen LogP contribution in [0.25, 0.3) is 0 Å². The number of fused-ring (bicyclic) bond motifs is 1. The largest absolute Gasteiger partial charge is 0.493 e. The highest BCUT2D eigenvalue weighted by atomic mass is 16.6. The Labute approximate surface area is 163 Å². The van der Waals surface area contributed by atoms with Gasteiger partial charge in [0, 0.05) is 24.1 Å². The second kappa shape index (κ2) is 7.98. The van der Waals surface area contributed by atoms with Crippen molar-refractivity contribution in [1.82, 2.24) is 4.90 Å². The number of nitrogens with one attached hydrogen (secondary N) is 1. The molecule has 2 aromatic carbocycles. The highest BCUT2D eigenvalue weighted by Gasteiger charge is 2.24. The Morgan fingerprint density at radius 2 is 1.82 bits per heavy atom. The maximum Gasteiger partial charge on any atom is 0.269 e. The van der Waals surface area contributed by atoms with Crippen molar-refractivity contribution in [3.8, 4) is 5.75 Å². The zero-order valence-electron chi connectivity index (χ0n) is 15.7. The average molecular weight is 382 g/mol. The molecule has 2 aromatic rings. The molecule has 28 heavy (non-hydrogen) atoms. The van der Waals surface area contributed by atoms with Crippen molar-refractivity contribution in [2.75, 3.05) is 32.8 Å². The summed E-state index contributed by atoms with van der Waals surface area (Å²) >= 11 is 0. The molecule has 4 rings (SSSR count). The van der Waals surface area contributed by atoms with Crippen molar-refractivity contribution < 1.29 is 19.4 Å². The number of nitro benzene ring substituents is 1. The molecule has 0 aromatic heterocycles. The average Bonchev–Trinajstić information content (AvgIpc) is 3.17. The number of hydrogen-bond acceptors (Lipinski definition) is 4. The van der Waals surface area contributed by atoms with Gasteiger partial charge in [0.05, 0.1) is 44.1 Å². The molecule has 146 valence electrons. The van der Waals surface area contributed by atoms with E-state index < -0.39 is 4.92 Å². The molecule has 0 radical (unpaired) electrons. The lowest BCUT2D eigenvalue weighted by molar-refractivity contribution is -0.917. The van der Waals surface area contributed by atoms with Gasteiger partial charge in [-0.1, -0.05) is 12.1 Å². The third kappa shape index (κ3) is 4.14. The van der Waals surface area contributed by atoms with E-state index in [1.54, 1.807) is 12.1 Å². The van der Waals surface area contributed by atoms with Crippen LogP contribution in [0.4, 0.5) is 5.69 Å². The Morgan fingerprint density at radius 3 is 2.54 bits per heavy atom. The number of non-ortho nitro benzene ring substituents is 1. The number of benzene rings is 2.